The minimum Gasteiger partial charge on any atom is -0.224 e. The molecular weight excluding hydrogens is 509 g/mol. The van der Waals surface area contributed by atoms with Gasteiger partial charge in [-0.2, -0.15) is 0 Å². The Morgan fingerprint density at radius 2 is 0.902 bits per heavy atom. The third-order valence-electron chi connectivity index (χ3n) is 8.22. The minimum atomic E-state index is -0.578. The van der Waals surface area contributed by atoms with Crippen LogP contribution >= 0.6 is 0 Å². The normalized spacial score (nSPS) is 13.8. The van der Waals surface area contributed by atoms with E-state index in [9.17, 15) is 4.39 Å². The number of benzene rings is 5. The van der Waals surface area contributed by atoms with Gasteiger partial charge in [-0.15, -0.1) is 4.48 Å². The van der Waals surface area contributed by atoms with Crippen LogP contribution in [-0.4, -0.2) is 11.8 Å². The first-order valence-electron chi connectivity index (χ1n) is 13.8. The van der Waals surface area contributed by atoms with Crippen LogP contribution in [0.3, 0.4) is 0 Å². The van der Waals surface area contributed by atoms with E-state index in [0.29, 0.717) is 22.5 Å². The molecule has 4 bridgehead atoms. The topological polar surface area (TPSA) is 34.1 Å². The molecule has 9 rings (SSSR count). The lowest BCUT2D eigenvalue weighted by molar-refractivity contribution is 0.0696. The summed E-state index contributed by atoms with van der Waals surface area (Å²) in [7, 11) is 0. The maximum Gasteiger partial charge on any atom is 0.363 e. The van der Waals surface area contributed by atoms with E-state index in [1.54, 1.807) is 24.3 Å². The predicted octanol–water partition coefficient (Wildman–Crippen LogP) is 8.87. The molecule has 0 unspecified atom stereocenters. The molecule has 3 nitrogen and oxygen atoms in total. The standard InChI is InChI=1S/C37H31FNO2/c1-23-19-30-20-24(2)34(23)39(36(40)28-11-7-5-8-12-28,37(41)29-13-9-6-10-14-29)35-25(3)21-31(22-26(35)4)33(30)27-15-17-32(38)18-16-27/h5-22,33H,1-4H3/q+1. The van der Waals surface area contributed by atoms with Crippen LogP contribution in [0.15, 0.2) is 109 Å². The first-order valence-corrected chi connectivity index (χ1v) is 13.8. The van der Waals surface area contributed by atoms with Gasteiger partial charge in [0, 0.05) is 28.2 Å². The van der Waals surface area contributed by atoms with E-state index in [-0.39, 0.29) is 23.5 Å². The molecule has 41 heavy (non-hydrogen) atoms. The van der Waals surface area contributed by atoms with Gasteiger partial charge >= 0.3 is 11.8 Å². The highest BCUT2D eigenvalue weighted by Gasteiger charge is 2.54. The van der Waals surface area contributed by atoms with Gasteiger partial charge in [0.25, 0.3) is 0 Å². The Kier molecular flexibility index (Phi) is 6.51. The summed E-state index contributed by atoms with van der Waals surface area (Å²) in [5.74, 6) is -1.01. The molecule has 0 aliphatic carbocycles. The smallest absolute Gasteiger partial charge is 0.224 e. The summed E-state index contributed by atoms with van der Waals surface area (Å²) in [6.45, 7) is 7.93. The van der Waals surface area contributed by atoms with Crippen molar-refractivity contribution in [1.82, 2.24) is 4.48 Å². The summed E-state index contributed by atoms with van der Waals surface area (Å²) >= 11 is 0. The Labute approximate surface area is 240 Å². The van der Waals surface area contributed by atoms with E-state index in [1.807, 2.05) is 76.2 Å². The monoisotopic (exact) mass is 540 g/mol. The second-order valence-corrected chi connectivity index (χ2v) is 11.0. The quantitative estimate of drug-likeness (QED) is 0.169. The molecule has 0 fully saturated rings. The van der Waals surface area contributed by atoms with E-state index in [1.165, 1.54) is 12.1 Å². The van der Waals surface area contributed by atoms with Gasteiger partial charge in [0.2, 0.25) is 0 Å². The zero-order chi connectivity index (χ0) is 28.9. The van der Waals surface area contributed by atoms with Gasteiger partial charge in [-0.3, -0.25) is 0 Å². The number of carbonyl (C=O) groups excluding carboxylic acids is 2. The fourth-order valence-electron chi connectivity index (χ4n) is 6.76. The number of rotatable bonds is 3. The number of nitrogens with zero attached hydrogens (tertiary/aromatic N) is 1. The Hall–Kier alpha value is -4.67. The third kappa shape index (κ3) is 4.14. The molecule has 0 saturated carbocycles. The van der Waals surface area contributed by atoms with Crippen LogP contribution in [0.25, 0.3) is 0 Å². The second-order valence-electron chi connectivity index (χ2n) is 11.0. The van der Waals surface area contributed by atoms with Crippen molar-refractivity contribution in [3.8, 4) is 0 Å². The molecule has 4 heteroatoms. The SMILES string of the molecule is Cc1cc2cc(C)c1[N+](C(=O)c1ccccc1)(C(=O)c1ccccc1)c1c(C)cc(cc1C)C2c1ccc(F)cc1. The van der Waals surface area contributed by atoms with Crippen LogP contribution in [0.1, 0.15) is 65.6 Å². The van der Waals surface area contributed by atoms with Crippen LogP contribution in [0, 0.1) is 33.5 Å². The lowest BCUT2D eigenvalue weighted by atomic mass is 9.80. The van der Waals surface area contributed by atoms with Gasteiger partial charge in [0.05, 0.1) is 11.1 Å². The molecule has 2 amide bonds. The molecule has 5 aromatic rings. The summed E-state index contributed by atoms with van der Waals surface area (Å²) in [4.78, 5) is 30.0. The Bertz CT molecular complexity index is 1650. The number of aryl methyl sites for hydroxylation is 4. The molecular formula is C37H31FNO2+. The molecule has 202 valence electrons. The van der Waals surface area contributed by atoms with Crippen LogP contribution in [0.5, 0.6) is 0 Å². The molecule has 0 radical (unpaired) electrons. The van der Waals surface area contributed by atoms with Crippen molar-refractivity contribution < 1.29 is 14.0 Å². The molecule has 0 aromatic heterocycles. The number of carbonyl (C=O) groups is 2. The average molecular weight is 541 g/mol. The number of hydrogen-bond donors (Lipinski definition) is 0. The van der Waals surface area contributed by atoms with Crippen LogP contribution < -0.4 is 4.48 Å². The van der Waals surface area contributed by atoms with E-state index < -0.39 is 4.48 Å². The van der Waals surface area contributed by atoms with Crippen molar-refractivity contribution in [3.05, 3.63) is 165 Å². The molecule has 5 aromatic carbocycles. The largest absolute Gasteiger partial charge is 0.363 e. The third-order valence-corrected chi connectivity index (χ3v) is 8.22. The van der Waals surface area contributed by atoms with Gasteiger partial charge < -0.3 is 0 Å². The highest BCUT2D eigenvalue weighted by atomic mass is 19.1. The van der Waals surface area contributed by atoms with Crippen LogP contribution in [-0.2, 0) is 0 Å². The second kappa shape index (κ2) is 10.1. The zero-order valence-electron chi connectivity index (χ0n) is 23.6. The first-order chi connectivity index (χ1) is 19.7. The number of hydrogen-bond acceptors (Lipinski definition) is 2. The van der Waals surface area contributed by atoms with Crippen LogP contribution in [0.4, 0.5) is 15.8 Å². The average Bonchev–Trinajstić information content (AvgIpc) is 2.97. The summed E-state index contributed by atoms with van der Waals surface area (Å²) in [5.41, 5.74) is 8.68. The van der Waals surface area contributed by atoms with E-state index >= 15 is 9.59 Å². The van der Waals surface area contributed by atoms with Crippen molar-refractivity contribution in [1.29, 1.82) is 0 Å². The number of imide groups is 1. The molecule has 0 saturated heterocycles. The lowest BCUT2D eigenvalue weighted by Gasteiger charge is -2.38. The summed E-state index contributed by atoms with van der Waals surface area (Å²) in [6, 6.07) is 33.2. The number of quaternary nitrogens is 1. The van der Waals surface area contributed by atoms with Crippen molar-refractivity contribution in [2.45, 2.75) is 33.6 Å². The highest BCUT2D eigenvalue weighted by Crippen LogP contribution is 2.50. The van der Waals surface area contributed by atoms with Gasteiger partial charge in [-0.05, 0) is 105 Å². The van der Waals surface area contributed by atoms with Crippen LogP contribution in [0.2, 0.25) is 0 Å². The first kappa shape index (κ1) is 26.5. The maximum absolute atomic E-state index is 15.0. The van der Waals surface area contributed by atoms with Crippen molar-refractivity contribution in [2.24, 2.45) is 0 Å². The zero-order valence-corrected chi connectivity index (χ0v) is 23.6. The lowest BCUT2D eigenvalue weighted by Crippen LogP contribution is -2.56. The number of amides is 2. The van der Waals surface area contributed by atoms with Gasteiger partial charge in [-0.25, -0.2) is 14.0 Å². The molecule has 4 aliphatic rings. The van der Waals surface area contributed by atoms with Crippen molar-refractivity contribution in [3.63, 3.8) is 0 Å². The number of halogens is 1. The van der Waals surface area contributed by atoms with E-state index in [2.05, 4.69) is 24.3 Å². The molecule has 4 aliphatic heterocycles. The maximum atomic E-state index is 15.0. The van der Waals surface area contributed by atoms with Gasteiger partial charge in [0.15, 0.2) is 11.4 Å². The van der Waals surface area contributed by atoms with Gasteiger partial charge in [0.1, 0.15) is 5.82 Å². The summed E-state index contributed by atoms with van der Waals surface area (Å²) in [5, 5.41) is 0. The van der Waals surface area contributed by atoms with E-state index in [4.69, 9.17) is 0 Å². The molecule has 0 spiro atoms. The fraction of sp³-hybridized carbons (Fsp3) is 0.135. The summed E-state index contributed by atoms with van der Waals surface area (Å²) < 4.78 is 13.3. The highest BCUT2D eigenvalue weighted by molar-refractivity contribution is 6.25. The molecule has 4 heterocycles. The Morgan fingerprint density at radius 3 is 1.27 bits per heavy atom. The molecule has 0 N–H and O–H groups in total. The minimum absolute atomic E-state index is 0.136. The van der Waals surface area contributed by atoms with Gasteiger partial charge in [-0.1, -0.05) is 48.5 Å². The predicted molar refractivity (Wildman–Crippen MR) is 162 cm³/mol. The van der Waals surface area contributed by atoms with Crippen molar-refractivity contribution in [2.75, 3.05) is 0 Å². The molecule has 0 atom stereocenters. The Morgan fingerprint density at radius 1 is 0.537 bits per heavy atom. The Balaban J connectivity index is 1.77. The summed E-state index contributed by atoms with van der Waals surface area (Å²) in [6.07, 6.45) is 0. The fourth-order valence-corrected chi connectivity index (χ4v) is 6.76. The van der Waals surface area contributed by atoms with E-state index in [0.717, 1.165) is 38.9 Å². The van der Waals surface area contributed by atoms with Crippen molar-refractivity contribution >= 4 is 23.2 Å².